The number of hydrogen-bond acceptors (Lipinski definition) is 4. The smallest absolute Gasteiger partial charge is 0.270 e. The first-order chi connectivity index (χ1) is 9.99. The molecule has 5 heteroatoms. The molecule has 0 saturated carbocycles. The van der Waals surface area contributed by atoms with Crippen LogP contribution in [0.15, 0.2) is 48.5 Å². The molecule has 2 aromatic carbocycles. The van der Waals surface area contributed by atoms with E-state index in [1.54, 1.807) is 0 Å². The SMILES string of the molecule is CC(C)N(Cc1cc([N+](=O)[O-])ccc1O)c1ccccc1. The largest absolute Gasteiger partial charge is 0.508 e. The fourth-order valence-electron chi connectivity index (χ4n) is 2.19. The standard InChI is InChI=1S/C16H18N2O3/c1-12(2)17(14-6-4-3-5-7-14)11-13-10-15(18(20)21)8-9-16(13)19/h3-10,12,19H,11H2,1-2H3. The summed E-state index contributed by atoms with van der Waals surface area (Å²) in [7, 11) is 0. The highest BCUT2D eigenvalue weighted by Gasteiger charge is 2.16. The van der Waals surface area contributed by atoms with Crippen molar-refractivity contribution < 1.29 is 10.0 Å². The van der Waals surface area contributed by atoms with Crippen molar-refractivity contribution in [2.24, 2.45) is 0 Å². The van der Waals surface area contributed by atoms with Crippen molar-refractivity contribution in [1.82, 2.24) is 0 Å². The molecule has 2 rings (SSSR count). The van der Waals surface area contributed by atoms with Crippen LogP contribution in [0.5, 0.6) is 5.75 Å². The van der Waals surface area contributed by atoms with E-state index in [-0.39, 0.29) is 17.5 Å². The predicted octanol–water partition coefficient (Wildman–Crippen LogP) is 3.72. The summed E-state index contributed by atoms with van der Waals surface area (Å²) in [6.07, 6.45) is 0. The zero-order valence-electron chi connectivity index (χ0n) is 12.1. The number of phenolic OH excluding ortho intramolecular Hbond substituents is 1. The average molecular weight is 286 g/mol. The maximum atomic E-state index is 10.9. The monoisotopic (exact) mass is 286 g/mol. The van der Waals surface area contributed by atoms with Gasteiger partial charge in [0.25, 0.3) is 5.69 Å². The summed E-state index contributed by atoms with van der Waals surface area (Å²) >= 11 is 0. The lowest BCUT2D eigenvalue weighted by Gasteiger charge is -2.29. The molecule has 0 radical (unpaired) electrons. The molecular formula is C16H18N2O3. The second-order valence-corrected chi connectivity index (χ2v) is 5.13. The number of nitro benzene ring substituents is 1. The van der Waals surface area contributed by atoms with Gasteiger partial charge in [0.2, 0.25) is 0 Å². The number of hydrogen-bond donors (Lipinski definition) is 1. The van der Waals surface area contributed by atoms with Crippen LogP contribution in [-0.4, -0.2) is 16.1 Å². The predicted molar refractivity (Wildman–Crippen MR) is 82.5 cm³/mol. The summed E-state index contributed by atoms with van der Waals surface area (Å²) in [5.41, 5.74) is 1.54. The molecule has 0 bridgehead atoms. The molecule has 0 spiro atoms. The first-order valence-electron chi connectivity index (χ1n) is 6.77. The van der Waals surface area contributed by atoms with Crippen LogP contribution in [0.25, 0.3) is 0 Å². The lowest BCUT2D eigenvalue weighted by Crippen LogP contribution is -2.30. The number of rotatable bonds is 5. The number of nitrogens with zero attached hydrogens (tertiary/aromatic N) is 2. The second-order valence-electron chi connectivity index (χ2n) is 5.13. The fourth-order valence-corrected chi connectivity index (χ4v) is 2.19. The van der Waals surface area contributed by atoms with E-state index in [1.807, 2.05) is 44.2 Å². The normalized spacial score (nSPS) is 10.6. The molecule has 0 aliphatic heterocycles. The van der Waals surface area contributed by atoms with E-state index < -0.39 is 4.92 Å². The zero-order chi connectivity index (χ0) is 15.4. The second kappa shape index (κ2) is 6.26. The molecule has 0 saturated heterocycles. The Hall–Kier alpha value is -2.56. The molecule has 1 N–H and O–H groups in total. The summed E-state index contributed by atoms with van der Waals surface area (Å²) in [6, 6.07) is 14.1. The summed E-state index contributed by atoms with van der Waals surface area (Å²) < 4.78 is 0. The van der Waals surface area contributed by atoms with Crippen LogP contribution in [0, 0.1) is 10.1 Å². The molecule has 5 nitrogen and oxygen atoms in total. The van der Waals surface area contributed by atoms with E-state index in [2.05, 4.69) is 4.90 Å². The molecule has 0 unspecified atom stereocenters. The van der Waals surface area contributed by atoms with Crippen molar-refractivity contribution in [3.63, 3.8) is 0 Å². The van der Waals surface area contributed by atoms with Crippen LogP contribution in [0.2, 0.25) is 0 Å². The number of nitro groups is 1. The van der Waals surface area contributed by atoms with Crippen LogP contribution in [0.1, 0.15) is 19.4 Å². The maximum absolute atomic E-state index is 10.9. The lowest BCUT2D eigenvalue weighted by molar-refractivity contribution is -0.384. The minimum atomic E-state index is -0.453. The van der Waals surface area contributed by atoms with Gasteiger partial charge in [0.05, 0.1) is 4.92 Å². The van der Waals surface area contributed by atoms with Crippen LogP contribution in [0.3, 0.4) is 0 Å². The lowest BCUT2D eigenvalue weighted by atomic mass is 10.1. The highest BCUT2D eigenvalue weighted by atomic mass is 16.6. The Morgan fingerprint density at radius 2 is 1.86 bits per heavy atom. The third-order valence-electron chi connectivity index (χ3n) is 3.33. The van der Waals surface area contributed by atoms with E-state index >= 15 is 0 Å². The Morgan fingerprint density at radius 3 is 2.43 bits per heavy atom. The Bertz CT molecular complexity index is 627. The van der Waals surface area contributed by atoms with Crippen molar-refractivity contribution in [3.8, 4) is 5.75 Å². The van der Waals surface area contributed by atoms with E-state index in [1.165, 1.54) is 18.2 Å². The summed E-state index contributed by atoms with van der Waals surface area (Å²) in [4.78, 5) is 12.5. The third kappa shape index (κ3) is 3.51. The molecule has 0 fully saturated rings. The van der Waals surface area contributed by atoms with Gasteiger partial charge in [-0.25, -0.2) is 0 Å². The van der Waals surface area contributed by atoms with E-state index in [0.29, 0.717) is 12.1 Å². The molecule has 0 aliphatic rings. The number of benzene rings is 2. The molecule has 0 heterocycles. The van der Waals surface area contributed by atoms with Gasteiger partial charge in [-0.2, -0.15) is 0 Å². The Morgan fingerprint density at radius 1 is 1.19 bits per heavy atom. The molecule has 0 amide bonds. The minimum absolute atomic E-state index is 0.0143. The molecule has 110 valence electrons. The van der Waals surface area contributed by atoms with Crippen LogP contribution in [-0.2, 0) is 6.54 Å². The third-order valence-corrected chi connectivity index (χ3v) is 3.33. The van der Waals surface area contributed by atoms with E-state index in [0.717, 1.165) is 5.69 Å². The average Bonchev–Trinajstić information content (AvgIpc) is 2.46. The topological polar surface area (TPSA) is 66.6 Å². The van der Waals surface area contributed by atoms with Gasteiger partial charge >= 0.3 is 0 Å². The highest BCUT2D eigenvalue weighted by Crippen LogP contribution is 2.27. The molecular weight excluding hydrogens is 268 g/mol. The molecule has 0 aliphatic carbocycles. The minimum Gasteiger partial charge on any atom is -0.508 e. The van der Waals surface area contributed by atoms with Gasteiger partial charge < -0.3 is 10.0 Å². The Kier molecular flexibility index (Phi) is 4.42. The summed E-state index contributed by atoms with van der Waals surface area (Å²) in [5, 5.41) is 20.8. The van der Waals surface area contributed by atoms with Crippen LogP contribution in [0.4, 0.5) is 11.4 Å². The van der Waals surface area contributed by atoms with Gasteiger partial charge in [0.1, 0.15) is 5.75 Å². The van der Waals surface area contributed by atoms with Gasteiger partial charge in [-0.1, -0.05) is 18.2 Å². The van der Waals surface area contributed by atoms with Crippen molar-refractivity contribution in [3.05, 3.63) is 64.2 Å². The van der Waals surface area contributed by atoms with Gasteiger partial charge in [-0.3, -0.25) is 10.1 Å². The van der Waals surface area contributed by atoms with Gasteiger partial charge in [0, 0.05) is 36.0 Å². The molecule has 21 heavy (non-hydrogen) atoms. The highest BCUT2D eigenvalue weighted by molar-refractivity contribution is 5.50. The number of phenols is 1. The van der Waals surface area contributed by atoms with Crippen molar-refractivity contribution in [2.45, 2.75) is 26.4 Å². The summed E-state index contributed by atoms with van der Waals surface area (Å²) in [6.45, 7) is 4.50. The van der Waals surface area contributed by atoms with Gasteiger partial charge in [-0.15, -0.1) is 0 Å². The number of non-ortho nitro benzene ring substituents is 1. The number of anilines is 1. The first-order valence-corrected chi connectivity index (χ1v) is 6.77. The zero-order valence-corrected chi connectivity index (χ0v) is 12.1. The summed E-state index contributed by atoms with van der Waals surface area (Å²) in [5.74, 6) is 0.0715. The van der Waals surface area contributed by atoms with E-state index in [4.69, 9.17) is 0 Å². The fraction of sp³-hybridized carbons (Fsp3) is 0.250. The van der Waals surface area contributed by atoms with E-state index in [9.17, 15) is 15.2 Å². The molecule has 2 aromatic rings. The maximum Gasteiger partial charge on any atom is 0.270 e. The Balaban J connectivity index is 2.33. The Labute approximate surface area is 123 Å². The van der Waals surface area contributed by atoms with Gasteiger partial charge in [-0.05, 0) is 32.0 Å². The first kappa shape index (κ1) is 14.8. The van der Waals surface area contributed by atoms with Gasteiger partial charge in [0.15, 0.2) is 0 Å². The molecule has 0 aromatic heterocycles. The number of para-hydroxylation sites is 1. The quantitative estimate of drug-likeness (QED) is 0.672. The number of aromatic hydroxyl groups is 1. The van der Waals surface area contributed by atoms with Crippen molar-refractivity contribution >= 4 is 11.4 Å². The van der Waals surface area contributed by atoms with Crippen molar-refractivity contribution in [1.29, 1.82) is 0 Å². The van der Waals surface area contributed by atoms with Crippen LogP contribution >= 0.6 is 0 Å². The van der Waals surface area contributed by atoms with Crippen LogP contribution < -0.4 is 4.90 Å². The molecule has 0 atom stereocenters. The van der Waals surface area contributed by atoms with Crippen molar-refractivity contribution in [2.75, 3.05) is 4.90 Å².